The molecule has 2 aromatic heterocycles. The summed E-state index contributed by atoms with van der Waals surface area (Å²) >= 11 is 12.2. The van der Waals surface area contributed by atoms with Crippen molar-refractivity contribution in [2.24, 2.45) is 5.92 Å². The number of carbonyl (C=O) groups excluding carboxylic acids is 1. The Morgan fingerprint density at radius 3 is 2.61 bits per heavy atom. The quantitative estimate of drug-likeness (QED) is 0.864. The van der Waals surface area contributed by atoms with Crippen LogP contribution in [0.3, 0.4) is 0 Å². The molecular formula is C15H21Cl2N5O. The van der Waals surface area contributed by atoms with Crippen LogP contribution in [0.15, 0.2) is 6.20 Å². The van der Waals surface area contributed by atoms with Gasteiger partial charge in [0.1, 0.15) is 0 Å². The summed E-state index contributed by atoms with van der Waals surface area (Å²) in [6, 6.07) is 0. The highest BCUT2D eigenvalue weighted by molar-refractivity contribution is 6.31. The number of halogens is 2. The van der Waals surface area contributed by atoms with Crippen molar-refractivity contribution in [3.8, 4) is 0 Å². The Kier molecular flexibility index (Phi) is 5.70. The van der Waals surface area contributed by atoms with E-state index < -0.39 is 0 Å². The second-order valence-corrected chi connectivity index (χ2v) is 6.33. The summed E-state index contributed by atoms with van der Waals surface area (Å²) in [7, 11) is 0. The summed E-state index contributed by atoms with van der Waals surface area (Å²) in [4.78, 5) is 12.3. The molecule has 2 aromatic rings. The largest absolute Gasteiger partial charge is 0.350 e. The lowest BCUT2D eigenvalue weighted by Crippen LogP contribution is -2.32. The Hall–Kier alpha value is -1.53. The van der Waals surface area contributed by atoms with Crippen LogP contribution in [0.4, 0.5) is 0 Å². The minimum Gasteiger partial charge on any atom is -0.350 e. The molecule has 1 N–H and O–H groups in total. The van der Waals surface area contributed by atoms with E-state index in [4.69, 9.17) is 23.2 Å². The van der Waals surface area contributed by atoms with Crippen molar-refractivity contribution < 1.29 is 4.79 Å². The molecule has 0 fully saturated rings. The first kappa shape index (κ1) is 17.8. The van der Waals surface area contributed by atoms with Gasteiger partial charge in [0.2, 0.25) is 5.91 Å². The number of aryl methyl sites for hydroxylation is 2. The molecule has 1 amide bonds. The Morgan fingerprint density at radius 1 is 1.35 bits per heavy atom. The van der Waals surface area contributed by atoms with Crippen LogP contribution in [0.5, 0.6) is 0 Å². The molecule has 6 nitrogen and oxygen atoms in total. The van der Waals surface area contributed by atoms with Gasteiger partial charge in [-0.2, -0.15) is 10.2 Å². The average molecular weight is 358 g/mol. The highest BCUT2D eigenvalue weighted by atomic mass is 35.5. The third-order valence-corrected chi connectivity index (χ3v) is 4.68. The normalized spacial score (nSPS) is 12.4. The fourth-order valence-electron chi connectivity index (χ4n) is 2.38. The monoisotopic (exact) mass is 357 g/mol. The Morgan fingerprint density at radius 2 is 2.04 bits per heavy atom. The van der Waals surface area contributed by atoms with Gasteiger partial charge in [-0.3, -0.25) is 14.2 Å². The van der Waals surface area contributed by atoms with Crippen LogP contribution in [0.1, 0.15) is 30.9 Å². The van der Waals surface area contributed by atoms with Gasteiger partial charge in [-0.05, 0) is 20.8 Å². The third kappa shape index (κ3) is 3.87. The van der Waals surface area contributed by atoms with E-state index in [2.05, 4.69) is 15.5 Å². The van der Waals surface area contributed by atoms with Crippen molar-refractivity contribution >= 4 is 29.1 Å². The van der Waals surface area contributed by atoms with E-state index in [9.17, 15) is 4.79 Å². The van der Waals surface area contributed by atoms with Crippen molar-refractivity contribution in [2.75, 3.05) is 0 Å². The molecule has 1 unspecified atom stereocenters. The summed E-state index contributed by atoms with van der Waals surface area (Å²) in [6.07, 6.45) is 1.59. The predicted octanol–water partition coefficient (Wildman–Crippen LogP) is 2.98. The van der Waals surface area contributed by atoms with Crippen molar-refractivity contribution in [1.82, 2.24) is 24.9 Å². The van der Waals surface area contributed by atoms with Gasteiger partial charge in [0, 0.05) is 6.54 Å². The number of carbonyl (C=O) groups is 1. The van der Waals surface area contributed by atoms with Crippen LogP contribution in [0.2, 0.25) is 10.0 Å². The Bertz CT molecular complexity index is 707. The summed E-state index contributed by atoms with van der Waals surface area (Å²) in [6.45, 7) is 9.12. The first-order valence-electron chi connectivity index (χ1n) is 7.52. The third-order valence-electron chi connectivity index (χ3n) is 3.81. The molecule has 0 radical (unpaired) electrons. The maximum Gasteiger partial charge on any atom is 0.225 e. The first-order chi connectivity index (χ1) is 10.8. The van der Waals surface area contributed by atoms with Crippen molar-refractivity contribution in [3.63, 3.8) is 0 Å². The van der Waals surface area contributed by atoms with Crippen LogP contribution in [0.25, 0.3) is 0 Å². The minimum absolute atomic E-state index is 0.0615. The lowest BCUT2D eigenvalue weighted by atomic mass is 10.1. The highest BCUT2D eigenvalue weighted by Crippen LogP contribution is 2.20. The second kappa shape index (κ2) is 7.36. The molecular weight excluding hydrogens is 337 g/mol. The maximum atomic E-state index is 12.3. The topological polar surface area (TPSA) is 64.7 Å². The fourth-order valence-corrected chi connectivity index (χ4v) is 2.72. The molecule has 2 heterocycles. The number of rotatable bonds is 6. The van der Waals surface area contributed by atoms with Crippen LogP contribution in [-0.2, 0) is 24.4 Å². The molecule has 23 heavy (non-hydrogen) atoms. The van der Waals surface area contributed by atoms with E-state index in [1.54, 1.807) is 15.6 Å². The van der Waals surface area contributed by atoms with E-state index in [1.807, 2.05) is 27.7 Å². The first-order valence-corrected chi connectivity index (χ1v) is 8.28. The van der Waals surface area contributed by atoms with Crippen LogP contribution in [-0.4, -0.2) is 25.5 Å². The Balaban J connectivity index is 1.97. The van der Waals surface area contributed by atoms with E-state index in [-0.39, 0.29) is 11.8 Å². The molecule has 0 saturated heterocycles. The summed E-state index contributed by atoms with van der Waals surface area (Å²) in [5, 5.41) is 12.6. The average Bonchev–Trinajstić information content (AvgIpc) is 3.00. The number of nitrogens with zero attached hydrogens (tertiary/aromatic N) is 4. The van der Waals surface area contributed by atoms with E-state index in [0.29, 0.717) is 29.7 Å². The summed E-state index contributed by atoms with van der Waals surface area (Å²) in [5.41, 5.74) is 2.45. The van der Waals surface area contributed by atoms with Crippen LogP contribution in [0, 0.1) is 19.8 Å². The molecule has 0 spiro atoms. The molecule has 2 rings (SSSR count). The molecule has 0 saturated carbocycles. The van der Waals surface area contributed by atoms with Crippen molar-refractivity contribution in [1.29, 1.82) is 0 Å². The standard InChI is InChI=1S/C15H21Cl2N5O/c1-5-21-13(12(16)6-19-21)7-18-15(23)9(2)8-22-11(4)14(17)10(3)20-22/h6,9H,5,7-8H2,1-4H3,(H,18,23). The zero-order chi connectivity index (χ0) is 17.1. The number of amides is 1. The fraction of sp³-hybridized carbons (Fsp3) is 0.533. The van der Waals surface area contributed by atoms with Gasteiger partial charge in [0.15, 0.2) is 0 Å². The lowest BCUT2D eigenvalue weighted by Gasteiger charge is -2.14. The molecule has 0 aliphatic carbocycles. The highest BCUT2D eigenvalue weighted by Gasteiger charge is 2.18. The van der Waals surface area contributed by atoms with Gasteiger partial charge in [0.05, 0.1) is 52.3 Å². The number of nitrogens with one attached hydrogen (secondary N) is 1. The molecule has 0 aliphatic heterocycles. The number of hydrogen-bond acceptors (Lipinski definition) is 3. The van der Waals surface area contributed by atoms with E-state index >= 15 is 0 Å². The smallest absolute Gasteiger partial charge is 0.225 e. The molecule has 126 valence electrons. The van der Waals surface area contributed by atoms with Gasteiger partial charge in [-0.15, -0.1) is 0 Å². The maximum absolute atomic E-state index is 12.3. The van der Waals surface area contributed by atoms with Gasteiger partial charge < -0.3 is 5.32 Å². The molecule has 0 aliphatic rings. The summed E-state index contributed by atoms with van der Waals surface area (Å²) < 4.78 is 3.54. The summed E-state index contributed by atoms with van der Waals surface area (Å²) in [5.74, 6) is -0.297. The SMILES string of the molecule is CCn1ncc(Cl)c1CNC(=O)C(C)Cn1nc(C)c(Cl)c1C. The molecule has 0 bridgehead atoms. The van der Waals surface area contributed by atoms with E-state index in [1.165, 1.54) is 0 Å². The zero-order valence-electron chi connectivity index (χ0n) is 13.7. The van der Waals surface area contributed by atoms with Crippen molar-refractivity contribution in [3.05, 3.63) is 33.3 Å². The number of hydrogen-bond donors (Lipinski definition) is 1. The van der Waals surface area contributed by atoms with E-state index in [0.717, 1.165) is 17.1 Å². The lowest BCUT2D eigenvalue weighted by molar-refractivity contribution is -0.125. The predicted molar refractivity (Wildman–Crippen MR) is 90.6 cm³/mol. The second-order valence-electron chi connectivity index (χ2n) is 5.54. The Labute approximate surface area is 145 Å². The minimum atomic E-state index is -0.235. The van der Waals surface area contributed by atoms with Crippen molar-refractivity contribution in [2.45, 2.75) is 47.3 Å². The van der Waals surface area contributed by atoms with Gasteiger partial charge in [-0.25, -0.2) is 0 Å². The zero-order valence-corrected chi connectivity index (χ0v) is 15.2. The molecule has 8 heteroatoms. The van der Waals surface area contributed by atoms with Gasteiger partial charge >= 0.3 is 0 Å². The van der Waals surface area contributed by atoms with Gasteiger partial charge in [-0.1, -0.05) is 30.1 Å². The van der Waals surface area contributed by atoms with Gasteiger partial charge in [0.25, 0.3) is 0 Å². The van der Waals surface area contributed by atoms with Crippen LogP contribution >= 0.6 is 23.2 Å². The molecule has 0 aromatic carbocycles. The molecule has 1 atom stereocenters. The van der Waals surface area contributed by atoms with Crippen LogP contribution < -0.4 is 5.32 Å². The number of aromatic nitrogens is 4.